The van der Waals surface area contributed by atoms with Crippen LogP contribution in [0.25, 0.3) is 0 Å². The van der Waals surface area contributed by atoms with Crippen LogP contribution in [-0.4, -0.2) is 28.8 Å². The third-order valence-corrected chi connectivity index (χ3v) is 3.77. The molecule has 3 amide bonds. The van der Waals surface area contributed by atoms with Gasteiger partial charge in [-0.3, -0.25) is 25.2 Å². The van der Waals surface area contributed by atoms with Gasteiger partial charge in [-0.1, -0.05) is 35.9 Å². The number of aromatic carboxylic acids is 1. The van der Waals surface area contributed by atoms with Crippen molar-refractivity contribution in [3.63, 3.8) is 0 Å². The number of rotatable bonds is 6. The van der Waals surface area contributed by atoms with Gasteiger partial charge in [0.05, 0.1) is 21.8 Å². The first-order chi connectivity index (χ1) is 12.9. The number of para-hydroxylation sites is 1. The standard InChI is InChI=1S/C18H16ClN3O5/c19-13-7-3-4-8-14(13)20-15(23)9-10-16(24)21-22-17(25)11-5-1-2-6-12(11)18(26)27/h1-8H,9-10H2,(H,20,23)(H,21,24)(H,22,25)(H,26,27). The van der Waals surface area contributed by atoms with E-state index in [1.165, 1.54) is 24.3 Å². The van der Waals surface area contributed by atoms with Gasteiger partial charge >= 0.3 is 5.97 Å². The molecule has 2 aromatic carbocycles. The number of carbonyl (C=O) groups excluding carboxylic acids is 3. The quantitative estimate of drug-likeness (QED) is 0.564. The zero-order chi connectivity index (χ0) is 19.8. The molecule has 27 heavy (non-hydrogen) atoms. The second kappa shape index (κ2) is 9.35. The van der Waals surface area contributed by atoms with E-state index in [0.29, 0.717) is 10.7 Å². The molecule has 140 valence electrons. The van der Waals surface area contributed by atoms with Gasteiger partial charge < -0.3 is 10.4 Å². The first-order valence-corrected chi connectivity index (χ1v) is 8.22. The highest BCUT2D eigenvalue weighted by molar-refractivity contribution is 6.33. The van der Waals surface area contributed by atoms with Crippen LogP contribution in [0.2, 0.25) is 5.02 Å². The molecule has 8 nitrogen and oxygen atoms in total. The van der Waals surface area contributed by atoms with E-state index in [-0.39, 0.29) is 24.0 Å². The number of carbonyl (C=O) groups is 4. The molecule has 0 fully saturated rings. The molecule has 0 spiro atoms. The average Bonchev–Trinajstić information content (AvgIpc) is 2.66. The highest BCUT2D eigenvalue weighted by Crippen LogP contribution is 2.20. The molecule has 0 aliphatic heterocycles. The maximum atomic E-state index is 12.0. The Bertz CT molecular complexity index is 885. The molecule has 0 radical (unpaired) electrons. The summed E-state index contributed by atoms with van der Waals surface area (Å²) >= 11 is 5.93. The van der Waals surface area contributed by atoms with Gasteiger partial charge in [0.1, 0.15) is 0 Å². The van der Waals surface area contributed by atoms with E-state index < -0.39 is 23.7 Å². The fourth-order valence-electron chi connectivity index (χ4n) is 2.13. The Balaban J connectivity index is 1.81. The van der Waals surface area contributed by atoms with Gasteiger partial charge in [0, 0.05) is 12.8 Å². The number of benzene rings is 2. The lowest BCUT2D eigenvalue weighted by molar-refractivity contribution is -0.124. The number of anilines is 1. The third-order valence-electron chi connectivity index (χ3n) is 3.44. The van der Waals surface area contributed by atoms with E-state index in [1.807, 2.05) is 0 Å². The van der Waals surface area contributed by atoms with Crippen molar-refractivity contribution >= 4 is 41.0 Å². The van der Waals surface area contributed by atoms with E-state index >= 15 is 0 Å². The van der Waals surface area contributed by atoms with Crippen LogP contribution in [0, 0.1) is 0 Å². The molecule has 0 heterocycles. The summed E-state index contributed by atoms with van der Waals surface area (Å²) in [5.74, 6) is -3.06. The van der Waals surface area contributed by atoms with Crippen molar-refractivity contribution in [2.24, 2.45) is 0 Å². The molecule has 0 unspecified atom stereocenters. The molecule has 0 aliphatic carbocycles. The van der Waals surface area contributed by atoms with Crippen molar-refractivity contribution < 1.29 is 24.3 Å². The number of amides is 3. The van der Waals surface area contributed by atoms with Crippen molar-refractivity contribution in [1.82, 2.24) is 10.9 Å². The van der Waals surface area contributed by atoms with E-state index in [0.717, 1.165) is 0 Å². The molecule has 0 atom stereocenters. The van der Waals surface area contributed by atoms with Crippen LogP contribution in [-0.2, 0) is 9.59 Å². The molecule has 0 aliphatic rings. The van der Waals surface area contributed by atoms with Crippen molar-refractivity contribution in [2.45, 2.75) is 12.8 Å². The van der Waals surface area contributed by atoms with Gasteiger partial charge in [0.15, 0.2) is 0 Å². The minimum absolute atomic E-state index is 0.0956. The molecule has 4 N–H and O–H groups in total. The molecule has 0 saturated heterocycles. The van der Waals surface area contributed by atoms with Crippen LogP contribution in [0.4, 0.5) is 5.69 Å². The number of hydrogen-bond donors (Lipinski definition) is 4. The fraction of sp³-hybridized carbons (Fsp3) is 0.111. The van der Waals surface area contributed by atoms with Gasteiger partial charge in [0.25, 0.3) is 5.91 Å². The highest BCUT2D eigenvalue weighted by Gasteiger charge is 2.16. The molecule has 0 bridgehead atoms. The molecule has 0 aromatic heterocycles. The number of carboxylic acids is 1. The molecular formula is C18H16ClN3O5. The van der Waals surface area contributed by atoms with Crippen LogP contribution in [0.1, 0.15) is 33.6 Å². The van der Waals surface area contributed by atoms with Crippen molar-refractivity contribution in [2.75, 3.05) is 5.32 Å². The zero-order valence-corrected chi connectivity index (χ0v) is 14.7. The summed E-state index contributed by atoms with van der Waals surface area (Å²) in [5, 5.41) is 12.0. The van der Waals surface area contributed by atoms with E-state index in [9.17, 15) is 19.2 Å². The predicted molar refractivity (Wildman–Crippen MR) is 98.3 cm³/mol. The van der Waals surface area contributed by atoms with Crippen molar-refractivity contribution in [3.05, 3.63) is 64.7 Å². The number of hydrogen-bond acceptors (Lipinski definition) is 4. The topological polar surface area (TPSA) is 125 Å². The maximum absolute atomic E-state index is 12.0. The summed E-state index contributed by atoms with van der Waals surface area (Å²) in [6, 6.07) is 12.3. The SMILES string of the molecule is O=C(CCC(=O)Nc1ccccc1Cl)NNC(=O)c1ccccc1C(=O)O. The summed E-state index contributed by atoms with van der Waals surface area (Å²) in [6.07, 6.45) is -0.310. The second-order valence-corrected chi connectivity index (χ2v) is 5.79. The third kappa shape index (κ3) is 5.82. The van der Waals surface area contributed by atoms with Crippen LogP contribution >= 0.6 is 11.6 Å². The molecule has 9 heteroatoms. The Hall–Kier alpha value is -3.39. The zero-order valence-electron chi connectivity index (χ0n) is 14.0. The molecular weight excluding hydrogens is 374 g/mol. The lowest BCUT2D eigenvalue weighted by Gasteiger charge is -2.09. The molecule has 2 rings (SSSR count). The minimum Gasteiger partial charge on any atom is -0.478 e. The van der Waals surface area contributed by atoms with Gasteiger partial charge in [-0.05, 0) is 24.3 Å². The Morgan fingerprint density at radius 2 is 1.41 bits per heavy atom. The molecule has 0 saturated carbocycles. The lowest BCUT2D eigenvalue weighted by atomic mass is 10.1. The largest absolute Gasteiger partial charge is 0.478 e. The highest BCUT2D eigenvalue weighted by atomic mass is 35.5. The maximum Gasteiger partial charge on any atom is 0.336 e. The van der Waals surface area contributed by atoms with Gasteiger partial charge in [-0.15, -0.1) is 0 Å². The minimum atomic E-state index is -1.26. The number of carboxylic acid groups (broad SMARTS) is 1. The van der Waals surface area contributed by atoms with Crippen LogP contribution in [0.5, 0.6) is 0 Å². The number of halogens is 1. The Labute approximate surface area is 159 Å². The predicted octanol–water partition coefficient (Wildman–Crippen LogP) is 2.22. The summed E-state index contributed by atoms with van der Waals surface area (Å²) in [6.45, 7) is 0. The van der Waals surface area contributed by atoms with Gasteiger partial charge in [-0.25, -0.2) is 4.79 Å². The average molecular weight is 390 g/mol. The summed E-state index contributed by atoms with van der Waals surface area (Å²) < 4.78 is 0. The van der Waals surface area contributed by atoms with E-state index in [1.54, 1.807) is 24.3 Å². The first kappa shape index (κ1) is 19.9. The lowest BCUT2D eigenvalue weighted by Crippen LogP contribution is -2.42. The van der Waals surface area contributed by atoms with E-state index in [4.69, 9.17) is 16.7 Å². The van der Waals surface area contributed by atoms with Crippen LogP contribution in [0.3, 0.4) is 0 Å². The first-order valence-electron chi connectivity index (χ1n) is 7.84. The Morgan fingerprint density at radius 1 is 0.815 bits per heavy atom. The summed E-state index contributed by atoms with van der Waals surface area (Å²) in [7, 11) is 0. The number of nitrogens with one attached hydrogen (secondary N) is 3. The number of hydrazine groups is 1. The van der Waals surface area contributed by atoms with E-state index in [2.05, 4.69) is 16.2 Å². The van der Waals surface area contributed by atoms with Crippen LogP contribution < -0.4 is 16.2 Å². The normalized spacial score (nSPS) is 9.96. The van der Waals surface area contributed by atoms with Crippen molar-refractivity contribution in [3.8, 4) is 0 Å². The summed E-state index contributed by atoms with van der Waals surface area (Å²) in [4.78, 5) is 46.7. The monoisotopic (exact) mass is 389 g/mol. The summed E-state index contributed by atoms with van der Waals surface area (Å²) in [5.41, 5.74) is 4.41. The van der Waals surface area contributed by atoms with Crippen LogP contribution in [0.15, 0.2) is 48.5 Å². The fourth-order valence-corrected chi connectivity index (χ4v) is 2.31. The van der Waals surface area contributed by atoms with Gasteiger partial charge in [-0.2, -0.15) is 0 Å². The second-order valence-electron chi connectivity index (χ2n) is 5.38. The van der Waals surface area contributed by atoms with Crippen molar-refractivity contribution in [1.29, 1.82) is 0 Å². The Morgan fingerprint density at radius 3 is 2.07 bits per heavy atom. The van der Waals surface area contributed by atoms with Gasteiger partial charge in [0.2, 0.25) is 11.8 Å². The smallest absolute Gasteiger partial charge is 0.336 e. The Kier molecular flexibility index (Phi) is 6.90. The molecule has 2 aromatic rings.